The predicted octanol–water partition coefficient (Wildman–Crippen LogP) is 5.02. The number of pyridine rings is 1. The number of hydrogen-bond acceptors (Lipinski definition) is 2. The topological polar surface area (TPSA) is 24.9 Å². The quantitative estimate of drug-likeness (QED) is 0.861. The summed E-state index contributed by atoms with van der Waals surface area (Å²) in [6.45, 7) is 6.38. The van der Waals surface area contributed by atoms with Gasteiger partial charge in [-0.2, -0.15) is 0 Å². The number of halogens is 1. The molecule has 2 rings (SSSR count). The summed E-state index contributed by atoms with van der Waals surface area (Å²) in [5, 5.41) is 3.34. The van der Waals surface area contributed by atoms with Gasteiger partial charge in [-0.1, -0.05) is 26.0 Å². The Balaban J connectivity index is 2.23. The molecular weight excluding hydrogens is 288 g/mol. The van der Waals surface area contributed by atoms with Crippen LogP contribution in [0.25, 0.3) is 0 Å². The molecule has 94 valence electrons. The Labute approximate surface area is 117 Å². The monoisotopic (exact) mass is 304 g/mol. The van der Waals surface area contributed by atoms with Gasteiger partial charge in [0.2, 0.25) is 0 Å². The minimum absolute atomic E-state index is 0.534. The fourth-order valence-electron chi connectivity index (χ4n) is 1.74. The molecule has 1 aromatic carbocycles. The molecule has 0 fully saturated rings. The Morgan fingerprint density at radius 2 is 1.94 bits per heavy atom. The fraction of sp³-hybridized carbons (Fsp3) is 0.267. The molecule has 0 saturated heterocycles. The van der Waals surface area contributed by atoms with Crippen LogP contribution < -0.4 is 5.32 Å². The highest BCUT2D eigenvalue weighted by Crippen LogP contribution is 2.22. The average Bonchev–Trinajstić information content (AvgIpc) is 2.34. The third-order valence-corrected chi connectivity index (χ3v) is 3.69. The van der Waals surface area contributed by atoms with Gasteiger partial charge in [0, 0.05) is 10.2 Å². The second-order valence-electron chi connectivity index (χ2n) is 4.67. The third kappa shape index (κ3) is 3.10. The molecule has 0 saturated carbocycles. The van der Waals surface area contributed by atoms with Crippen LogP contribution in [0.1, 0.15) is 31.0 Å². The molecule has 0 unspecified atom stereocenters. The first-order valence-electron chi connectivity index (χ1n) is 6.06. The lowest BCUT2D eigenvalue weighted by atomic mass is 10.0. The van der Waals surface area contributed by atoms with Crippen molar-refractivity contribution in [2.24, 2.45) is 0 Å². The largest absolute Gasteiger partial charge is 0.340 e. The van der Waals surface area contributed by atoms with Gasteiger partial charge in [0.1, 0.15) is 5.82 Å². The van der Waals surface area contributed by atoms with Crippen LogP contribution in [0, 0.1) is 6.92 Å². The molecule has 2 aromatic rings. The highest BCUT2D eigenvalue weighted by molar-refractivity contribution is 9.10. The molecule has 1 aromatic heterocycles. The van der Waals surface area contributed by atoms with Gasteiger partial charge >= 0.3 is 0 Å². The minimum Gasteiger partial charge on any atom is -0.340 e. The van der Waals surface area contributed by atoms with E-state index in [1.807, 2.05) is 19.1 Å². The summed E-state index contributed by atoms with van der Waals surface area (Å²) in [6, 6.07) is 12.4. The Hall–Kier alpha value is -1.35. The summed E-state index contributed by atoms with van der Waals surface area (Å²) >= 11 is 3.46. The molecule has 18 heavy (non-hydrogen) atoms. The fourth-order valence-corrected chi connectivity index (χ4v) is 1.96. The van der Waals surface area contributed by atoms with Crippen LogP contribution in [0.3, 0.4) is 0 Å². The molecule has 0 bridgehead atoms. The first-order chi connectivity index (χ1) is 8.56. The Morgan fingerprint density at radius 3 is 2.61 bits per heavy atom. The van der Waals surface area contributed by atoms with Crippen molar-refractivity contribution in [3.63, 3.8) is 0 Å². The summed E-state index contributed by atoms with van der Waals surface area (Å²) in [5.74, 6) is 1.41. The van der Waals surface area contributed by atoms with Crippen LogP contribution >= 0.6 is 15.9 Å². The van der Waals surface area contributed by atoms with Crippen LogP contribution in [0.2, 0.25) is 0 Å². The summed E-state index contributed by atoms with van der Waals surface area (Å²) < 4.78 is 1.03. The van der Waals surface area contributed by atoms with Crippen LogP contribution in [-0.4, -0.2) is 4.98 Å². The van der Waals surface area contributed by atoms with E-state index >= 15 is 0 Å². The zero-order valence-corrected chi connectivity index (χ0v) is 12.5. The molecule has 3 heteroatoms. The van der Waals surface area contributed by atoms with E-state index < -0.39 is 0 Å². The van der Waals surface area contributed by atoms with Crippen LogP contribution in [0.15, 0.2) is 40.9 Å². The van der Waals surface area contributed by atoms with Gasteiger partial charge in [-0.25, -0.2) is 4.98 Å². The average molecular weight is 305 g/mol. The highest BCUT2D eigenvalue weighted by atomic mass is 79.9. The number of anilines is 2. The molecule has 0 aliphatic carbocycles. The lowest BCUT2D eigenvalue weighted by Gasteiger charge is -2.10. The smallest absolute Gasteiger partial charge is 0.130 e. The number of hydrogen-bond donors (Lipinski definition) is 1. The van der Waals surface area contributed by atoms with E-state index in [-0.39, 0.29) is 0 Å². The van der Waals surface area contributed by atoms with E-state index in [4.69, 9.17) is 0 Å². The van der Waals surface area contributed by atoms with Crippen LogP contribution in [-0.2, 0) is 0 Å². The number of aryl methyl sites for hydroxylation is 1. The van der Waals surface area contributed by atoms with E-state index in [0.29, 0.717) is 5.92 Å². The zero-order valence-electron chi connectivity index (χ0n) is 10.9. The molecule has 1 heterocycles. The summed E-state index contributed by atoms with van der Waals surface area (Å²) in [6.07, 6.45) is 0. The lowest BCUT2D eigenvalue weighted by Crippen LogP contribution is -1.96. The van der Waals surface area contributed by atoms with Crippen molar-refractivity contribution in [1.82, 2.24) is 4.98 Å². The van der Waals surface area contributed by atoms with Gasteiger partial charge in [-0.05, 0) is 58.6 Å². The maximum absolute atomic E-state index is 4.48. The van der Waals surface area contributed by atoms with Gasteiger partial charge in [0.25, 0.3) is 0 Å². The van der Waals surface area contributed by atoms with Crippen molar-refractivity contribution in [3.8, 4) is 0 Å². The van der Waals surface area contributed by atoms with Crippen LogP contribution in [0.5, 0.6) is 0 Å². The van der Waals surface area contributed by atoms with E-state index in [1.54, 1.807) is 0 Å². The van der Waals surface area contributed by atoms with Gasteiger partial charge in [0.05, 0.1) is 5.69 Å². The lowest BCUT2D eigenvalue weighted by molar-refractivity contribution is 0.867. The zero-order chi connectivity index (χ0) is 13.1. The van der Waals surface area contributed by atoms with Crippen molar-refractivity contribution >= 4 is 27.4 Å². The van der Waals surface area contributed by atoms with Crippen molar-refractivity contribution in [2.75, 3.05) is 5.32 Å². The first kappa shape index (κ1) is 13.1. The van der Waals surface area contributed by atoms with Gasteiger partial charge in [0.15, 0.2) is 0 Å². The summed E-state index contributed by atoms with van der Waals surface area (Å²) in [4.78, 5) is 4.48. The molecule has 0 atom stereocenters. The molecule has 0 amide bonds. The number of nitrogens with zero attached hydrogens (tertiary/aromatic N) is 1. The number of aromatic nitrogens is 1. The summed E-state index contributed by atoms with van der Waals surface area (Å²) in [7, 11) is 0. The molecule has 0 aliphatic rings. The van der Waals surface area contributed by atoms with Gasteiger partial charge < -0.3 is 5.32 Å². The minimum atomic E-state index is 0.534. The Kier molecular flexibility index (Phi) is 4.02. The molecule has 0 spiro atoms. The number of nitrogens with one attached hydrogen (secondary N) is 1. The standard InChI is InChI=1S/C15H17BrN2/c1-10(2)12-5-4-6-13(9-12)18-15-8-7-14(16)11(3)17-15/h4-10H,1-3H3,(H,17,18). The van der Waals surface area contributed by atoms with E-state index in [1.165, 1.54) is 5.56 Å². The molecular formula is C15H17BrN2. The molecule has 1 N–H and O–H groups in total. The van der Waals surface area contributed by atoms with E-state index in [9.17, 15) is 0 Å². The molecule has 2 nitrogen and oxygen atoms in total. The van der Waals surface area contributed by atoms with Crippen molar-refractivity contribution in [2.45, 2.75) is 26.7 Å². The maximum Gasteiger partial charge on any atom is 0.130 e. The molecule has 0 aliphatic heterocycles. The predicted molar refractivity (Wildman–Crippen MR) is 80.5 cm³/mol. The molecule has 0 radical (unpaired) electrons. The second-order valence-corrected chi connectivity index (χ2v) is 5.52. The first-order valence-corrected chi connectivity index (χ1v) is 6.85. The van der Waals surface area contributed by atoms with Crippen molar-refractivity contribution < 1.29 is 0 Å². The maximum atomic E-state index is 4.48. The Morgan fingerprint density at radius 1 is 1.17 bits per heavy atom. The second kappa shape index (κ2) is 5.53. The number of benzene rings is 1. The van der Waals surface area contributed by atoms with Crippen molar-refractivity contribution in [3.05, 3.63) is 52.1 Å². The van der Waals surface area contributed by atoms with E-state index in [0.717, 1.165) is 21.7 Å². The highest BCUT2D eigenvalue weighted by Gasteiger charge is 2.02. The number of rotatable bonds is 3. The summed E-state index contributed by atoms with van der Waals surface area (Å²) in [5.41, 5.74) is 3.39. The van der Waals surface area contributed by atoms with Crippen molar-refractivity contribution in [1.29, 1.82) is 0 Å². The van der Waals surface area contributed by atoms with Gasteiger partial charge in [-0.3, -0.25) is 0 Å². The third-order valence-electron chi connectivity index (χ3n) is 2.85. The van der Waals surface area contributed by atoms with Crippen LogP contribution in [0.4, 0.5) is 11.5 Å². The normalized spacial score (nSPS) is 10.7. The van der Waals surface area contributed by atoms with E-state index in [2.05, 4.69) is 64.3 Å². The van der Waals surface area contributed by atoms with Gasteiger partial charge in [-0.15, -0.1) is 0 Å². The Bertz CT molecular complexity index is 550. The SMILES string of the molecule is Cc1nc(Nc2cccc(C(C)C)c2)ccc1Br.